The first-order valence-electron chi connectivity index (χ1n) is 8.93. The predicted octanol–water partition coefficient (Wildman–Crippen LogP) is 3.46. The topological polar surface area (TPSA) is 47.6 Å². The number of nitrogens with one attached hydrogen (secondary N) is 2. The molecule has 1 heterocycles. The molecule has 0 saturated carbocycles. The summed E-state index contributed by atoms with van der Waals surface area (Å²) in [7, 11) is 2.15. The van der Waals surface area contributed by atoms with Gasteiger partial charge in [0.1, 0.15) is 0 Å². The molecule has 1 fully saturated rings. The summed E-state index contributed by atoms with van der Waals surface area (Å²) in [5.74, 6) is 0. The molecular formula is C20H25ClN4O. The van der Waals surface area contributed by atoms with Crippen molar-refractivity contribution in [2.75, 3.05) is 50.0 Å². The van der Waals surface area contributed by atoms with Gasteiger partial charge in [-0.2, -0.15) is 0 Å². The van der Waals surface area contributed by atoms with Crippen molar-refractivity contribution in [2.45, 2.75) is 6.42 Å². The monoisotopic (exact) mass is 372 g/mol. The Morgan fingerprint density at radius 3 is 2.31 bits per heavy atom. The van der Waals surface area contributed by atoms with Gasteiger partial charge < -0.3 is 20.4 Å². The van der Waals surface area contributed by atoms with Crippen LogP contribution < -0.4 is 15.5 Å². The Labute approximate surface area is 159 Å². The molecule has 6 heteroatoms. The van der Waals surface area contributed by atoms with Crippen molar-refractivity contribution in [3.63, 3.8) is 0 Å². The number of carbonyl (C=O) groups is 1. The zero-order valence-corrected chi connectivity index (χ0v) is 15.8. The molecule has 26 heavy (non-hydrogen) atoms. The summed E-state index contributed by atoms with van der Waals surface area (Å²) in [4.78, 5) is 16.7. The Balaban J connectivity index is 1.43. The van der Waals surface area contributed by atoms with E-state index < -0.39 is 0 Å². The number of urea groups is 1. The lowest BCUT2D eigenvalue weighted by Gasteiger charge is -2.34. The third kappa shape index (κ3) is 5.38. The quantitative estimate of drug-likeness (QED) is 0.845. The lowest BCUT2D eigenvalue weighted by molar-refractivity contribution is 0.252. The number of anilines is 2. The largest absolute Gasteiger partial charge is 0.369 e. The van der Waals surface area contributed by atoms with E-state index in [0.29, 0.717) is 6.54 Å². The standard InChI is InChI=1S/C20H25ClN4O/c1-24-12-14-25(15-13-24)19-8-6-18(7-9-19)23-20(26)22-11-10-16-2-4-17(21)5-3-16/h2-9H,10-15H2,1H3,(H2,22,23,26). The minimum absolute atomic E-state index is 0.189. The summed E-state index contributed by atoms with van der Waals surface area (Å²) in [5, 5.41) is 6.48. The van der Waals surface area contributed by atoms with Gasteiger partial charge in [0.2, 0.25) is 0 Å². The van der Waals surface area contributed by atoms with E-state index in [0.717, 1.165) is 48.9 Å². The number of piperazine rings is 1. The zero-order valence-electron chi connectivity index (χ0n) is 15.0. The van der Waals surface area contributed by atoms with Gasteiger partial charge in [0.25, 0.3) is 0 Å². The smallest absolute Gasteiger partial charge is 0.319 e. The number of rotatable bonds is 5. The molecule has 0 atom stereocenters. The molecule has 2 aromatic rings. The van der Waals surface area contributed by atoms with Gasteiger partial charge in [0, 0.05) is 49.1 Å². The van der Waals surface area contributed by atoms with Crippen LogP contribution >= 0.6 is 11.6 Å². The average molecular weight is 373 g/mol. The fraction of sp³-hybridized carbons (Fsp3) is 0.350. The average Bonchev–Trinajstić information content (AvgIpc) is 2.65. The van der Waals surface area contributed by atoms with E-state index in [2.05, 4.69) is 39.6 Å². The number of benzene rings is 2. The number of amides is 2. The minimum Gasteiger partial charge on any atom is -0.369 e. The van der Waals surface area contributed by atoms with E-state index in [1.165, 1.54) is 5.69 Å². The van der Waals surface area contributed by atoms with Crippen molar-refractivity contribution in [2.24, 2.45) is 0 Å². The molecule has 0 unspecified atom stereocenters. The molecule has 0 radical (unpaired) electrons. The summed E-state index contributed by atoms with van der Waals surface area (Å²) in [6, 6.07) is 15.5. The number of likely N-dealkylation sites (N-methyl/N-ethyl adjacent to an activating group) is 1. The van der Waals surface area contributed by atoms with Crippen LogP contribution in [0.2, 0.25) is 5.02 Å². The molecule has 1 aliphatic rings. The molecular weight excluding hydrogens is 348 g/mol. The first kappa shape index (κ1) is 18.5. The van der Waals surface area contributed by atoms with Gasteiger partial charge in [-0.1, -0.05) is 23.7 Å². The fourth-order valence-corrected chi connectivity index (χ4v) is 3.09. The van der Waals surface area contributed by atoms with Gasteiger partial charge in [-0.25, -0.2) is 4.79 Å². The Kier molecular flexibility index (Phi) is 6.36. The van der Waals surface area contributed by atoms with Crippen LogP contribution in [0, 0.1) is 0 Å². The van der Waals surface area contributed by atoms with Crippen LogP contribution in [0.1, 0.15) is 5.56 Å². The van der Waals surface area contributed by atoms with E-state index in [1.54, 1.807) is 0 Å². The van der Waals surface area contributed by atoms with Crippen LogP contribution in [-0.2, 0) is 6.42 Å². The van der Waals surface area contributed by atoms with Gasteiger partial charge >= 0.3 is 6.03 Å². The first-order chi connectivity index (χ1) is 12.6. The third-order valence-electron chi connectivity index (χ3n) is 4.61. The molecule has 2 aromatic carbocycles. The molecule has 2 N–H and O–H groups in total. The van der Waals surface area contributed by atoms with Crippen molar-refractivity contribution in [1.82, 2.24) is 10.2 Å². The van der Waals surface area contributed by atoms with E-state index >= 15 is 0 Å². The highest BCUT2D eigenvalue weighted by molar-refractivity contribution is 6.30. The normalized spacial score (nSPS) is 14.9. The van der Waals surface area contributed by atoms with Crippen LogP contribution in [0.25, 0.3) is 0 Å². The van der Waals surface area contributed by atoms with E-state index in [9.17, 15) is 4.79 Å². The van der Waals surface area contributed by atoms with Gasteiger partial charge in [-0.3, -0.25) is 0 Å². The second-order valence-corrected chi connectivity index (χ2v) is 7.03. The van der Waals surface area contributed by atoms with Gasteiger partial charge in [-0.05, 0) is 55.4 Å². The lowest BCUT2D eigenvalue weighted by atomic mass is 10.1. The Morgan fingerprint density at radius 2 is 1.65 bits per heavy atom. The van der Waals surface area contributed by atoms with Crippen molar-refractivity contribution < 1.29 is 4.79 Å². The maximum atomic E-state index is 12.0. The van der Waals surface area contributed by atoms with Crippen LogP contribution in [-0.4, -0.2) is 50.7 Å². The number of hydrogen-bond donors (Lipinski definition) is 2. The van der Waals surface area contributed by atoms with Crippen molar-refractivity contribution in [3.05, 3.63) is 59.1 Å². The third-order valence-corrected chi connectivity index (χ3v) is 4.86. The van der Waals surface area contributed by atoms with Crippen LogP contribution in [0.15, 0.2) is 48.5 Å². The van der Waals surface area contributed by atoms with Crippen molar-refractivity contribution in [3.8, 4) is 0 Å². The maximum Gasteiger partial charge on any atom is 0.319 e. The van der Waals surface area contributed by atoms with Gasteiger partial charge in [0.15, 0.2) is 0 Å². The van der Waals surface area contributed by atoms with E-state index in [-0.39, 0.29) is 6.03 Å². The predicted molar refractivity (Wildman–Crippen MR) is 108 cm³/mol. The molecule has 1 saturated heterocycles. The van der Waals surface area contributed by atoms with Crippen LogP contribution in [0.4, 0.5) is 16.2 Å². The van der Waals surface area contributed by atoms with Gasteiger partial charge in [-0.15, -0.1) is 0 Å². The number of hydrogen-bond acceptors (Lipinski definition) is 3. The number of nitrogens with zero attached hydrogens (tertiary/aromatic N) is 2. The lowest BCUT2D eigenvalue weighted by Crippen LogP contribution is -2.44. The van der Waals surface area contributed by atoms with Crippen LogP contribution in [0.3, 0.4) is 0 Å². The molecule has 1 aliphatic heterocycles. The summed E-state index contributed by atoms with van der Waals surface area (Å²) in [6.45, 7) is 4.81. The second kappa shape index (κ2) is 8.92. The molecule has 0 spiro atoms. The number of carbonyl (C=O) groups excluding carboxylic acids is 1. The second-order valence-electron chi connectivity index (χ2n) is 6.59. The maximum absolute atomic E-state index is 12.0. The molecule has 0 bridgehead atoms. The van der Waals surface area contributed by atoms with Crippen molar-refractivity contribution >= 4 is 29.0 Å². The van der Waals surface area contributed by atoms with E-state index in [1.807, 2.05) is 36.4 Å². The zero-order chi connectivity index (χ0) is 18.4. The summed E-state index contributed by atoms with van der Waals surface area (Å²) >= 11 is 5.87. The molecule has 138 valence electrons. The van der Waals surface area contributed by atoms with Crippen molar-refractivity contribution in [1.29, 1.82) is 0 Å². The van der Waals surface area contributed by atoms with Gasteiger partial charge in [0.05, 0.1) is 0 Å². The molecule has 2 amide bonds. The molecule has 5 nitrogen and oxygen atoms in total. The van der Waals surface area contributed by atoms with Crippen LogP contribution in [0.5, 0.6) is 0 Å². The Bertz CT molecular complexity index is 710. The SMILES string of the molecule is CN1CCN(c2ccc(NC(=O)NCCc3ccc(Cl)cc3)cc2)CC1. The first-order valence-corrected chi connectivity index (χ1v) is 9.31. The molecule has 3 rings (SSSR count). The summed E-state index contributed by atoms with van der Waals surface area (Å²) in [6.07, 6.45) is 0.771. The molecule has 0 aromatic heterocycles. The Hall–Kier alpha value is -2.24. The highest BCUT2D eigenvalue weighted by atomic mass is 35.5. The minimum atomic E-state index is -0.189. The fourth-order valence-electron chi connectivity index (χ4n) is 2.97. The summed E-state index contributed by atoms with van der Waals surface area (Å²) in [5.41, 5.74) is 3.14. The highest BCUT2D eigenvalue weighted by Gasteiger charge is 2.14. The summed E-state index contributed by atoms with van der Waals surface area (Å²) < 4.78 is 0. The van der Waals surface area contributed by atoms with E-state index in [4.69, 9.17) is 11.6 Å². The number of halogens is 1. The highest BCUT2D eigenvalue weighted by Crippen LogP contribution is 2.19. The Morgan fingerprint density at radius 1 is 1.00 bits per heavy atom. The molecule has 0 aliphatic carbocycles.